The Kier molecular flexibility index (Phi) is 4.55. The highest BCUT2D eigenvalue weighted by Crippen LogP contribution is 2.27. The molecule has 6 nitrogen and oxygen atoms in total. The van der Waals surface area contributed by atoms with E-state index in [-0.39, 0.29) is 6.17 Å². The molecule has 1 saturated carbocycles. The van der Waals surface area contributed by atoms with Crippen LogP contribution in [0, 0.1) is 5.92 Å². The zero-order chi connectivity index (χ0) is 14.3. The zero-order valence-electron chi connectivity index (χ0n) is 11.9. The van der Waals surface area contributed by atoms with Gasteiger partial charge in [-0.1, -0.05) is 19.3 Å². The Morgan fingerprint density at radius 1 is 0.762 bits per heavy atom. The van der Waals surface area contributed by atoms with Gasteiger partial charge in [-0.2, -0.15) is 0 Å². The molecule has 2 heterocycles. The molecule has 6 heteroatoms. The van der Waals surface area contributed by atoms with Gasteiger partial charge in [0.2, 0.25) is 11.9 Å². The van der Waals surface area contributed by atoms with Crippen molar-refractivity contribution in [3.8, 4) is 0 Å². The molecule has 0 spiro atoms. The highest BCUT2D eigenvalue weighted by atomic mass is 15.2. The maximum Gasteiger partial charge on any atom is 0.224 e. The Labute approximate surface area is 124 Å². The van der Waals surface area contributed by atoms with Crippen LogP contribution in [-0.4, -0.2) is 26.1 Å². The second kappa shape index (κ2) is 6.97. The van der Waals surface area contributed by atoms with Gasteiger partial charge in [-0.25, -0.2) is 19.9 Å². The average Bonchev–Trinajstić information content (AvgIpc) is 2.57. The molecule has 0 aliphatic heterocycles. The fraction of sp³-hybridized carbons (Fsp3) is 0.467. The summed E-state index contributed by atoms with van der Waals surface area (Å²) in [6.07, 6.45) is 13.3. The molecular formula is C15H20N6. The summed E-state index contributed by atoms with van der Waals surface area (Å²) in [4.78, 5) is 17.0. The van der Waals surface area contributed by atoms with Crippen molar-refractivity contribution in [1.29, 1.82) is 0 Å². The number of nitrogens with zero attached hydrogens (tertiary/aromatic N) is 4. The summed E-state index contributed by atoms with van der Waals surface area (Å²) in [5.74, 6) is 1.80. The molecule has 2 aromatic heterocycles. The van der Waals surface area contributed by atoms with Crippen LogP contribution in [0.1, 0.15) is 32.1 Å². The van der Waals surface area contributed by atoms with Crippen LogP contribution in [-0.2, 0) is 0 Å². The Morgan fingerprint density at radius 2 is 1.24 bits per heavy atom. The van der Waals surface area contributed by atoms with Crippen molar-refractivity contribution in [3.05, 3.63) is 36.9 Å². The van der Waals surface area contributed by atoms with Crippen molar-refractivity contribution >= 4 is 11.9 Å². The summed E-state index contributed by atoms with van der Waals surface area (Å²) in [6.45, 7) is 0. The maximum atomic E-state index is 4.25. The second-order valence-corrected chi connectivity index (χ2v) is 5.31. The third-order valence-electron chi connectivity index (χ3n) is 3.82. The predicted molar refractivity (Wildman–Crippen MR) is 81.7 cm³/mol. The highest BCUT2D eigenvalue weighted by molar-refractivity contribution is 5.33. The molecule has 3 rings (SSSR count). The number of anilines is 2. The first-order valence-corrected chi connectivity index (χ1v) is 7.49. The van der Waals surface area contributed by atoms with Crippen molar-refractivity contribution in [2.45, 2.75) is 38.3 Å². The molecule has 2 aromatic rings. The third kappa shape index (κ3) is 3.87. The first-order chi connectivity index (χ1) is 10.4. The number of nitrogens with one attached hydrogen (secondary N) is 2. The van der Waals surface area contributed by atoms with Gasteiger partial charge in [-0.3, -0.25) is 0 Å². The lowest BCUT2D eigenvalue weighted by molar-refractivity contribution is 0.331. The fourth-order valence-electron chi connectivity index (χ4n) is 2.76. The lowest BCUT2D eigenvalue weighted by Crippen LogP contribution is -2.38. The van der Waals surface area contributed by atoms with Crippen LogP contribution in [0.4, 0.5) is 11.9 Å². The molecule has 0 atom stereocenters. The van der Waals surface area contributed by atoms with E-state index >= 15 is 0 Å². The molecule has 1 aliphatic carbocycles. The van der Waals surface area contributed by atoms with Crippen LogP contribution >= 0.6 is 0 Å². The fourth-order valence-corrected chi connectivity index (χ4v) is 2.76. The molecule has 0 bridgehead atoms. The molecule has 1 fully saturated rings. The minimum Gasteiger partial charge on any atom is -0.334 e. The van der Waals surface area contributed by atoms with Gasteiger partial charge in [0.25, 0.3) is 0 Å². The monoisotopic (exact) mass is 284 g/mol. The summed E-state index contributed by atoms with van der Waals surface area (Å²) in [7, 11) is 0. The van der Waals surface area contributed by atoms with Crippen LogP contribution in [0.3, 0.4) is 0 Å². The molecule has 0 unspecified atom stereocenters. The Bertz CT molecular complexity index is 485. The van der Waals surface area contributed by atoms with Crippen molar-refractivity contribution in [1.82, 2.24) is 19.9 Å². The van der Waals surface area contributed by atoms with Crippen LogP contribution in [0.2, 0.25) is 0 Å². The summed E-state index contributed by atoms with van der Waals surface area (Å²) in [5, 5.41) is 6.77. The summed E-state index contributed by atoms with van der Waals surface area (Å²) >= 11 is 0. The standard InChI is InChI=1S/C15H20N6/c1-2-6-12(7-3-1)13(20-14-16-8-4-9-17-14)21-15-18-10-5-11-19-15/h4-5,8-13H,1-3,6-7H2,(H,16,17,20)(H,18,19,21). The number of hydrogen-bond acceptors (Lipinski definition) is 6. The van der Waals surface area contributed by atoms with E-state index in [0.717, 1.165) is 0 Å². The van der Waals surface area contributed by atoms with Crippen molar-refractivity contribution in [2.75, 3.05) is 10.6 Å². The molecular weight excluding hydrogens is 264 g/mol. The summed E-state index contributed by atoms with van der Waals surface area (Å²) in [6, 6.07) is 3.63. The topological polar surface area (TPSA) is 75.6 Å². The molecule has 0 saturated heterocycles. The summed E-state index contributed by atoms with van der Waals surface area (Å²) in [5.41, 5.74) is 0. The van der Waals surface area contributed by atoms with Crippen molar-refractivity contribution in [2.24, 2.45) is 5.92 Å². The van der Waals surface area contributed by atoms with Gasteiger partial charge in [0.1, 0.15) is 6.17 Å². The van der Waals surface area contributed by atoms with Crippen molar-refractivity contribution in [3.63, 3.8) is 0 Å². The molecule has 2 N–H and O–H groups in total. The average molecular weight is 284 g/mol. The second-order valence-electron chi connectivity index (χ2n) is 5.31. The molecule has 0 amide bonds. The van der Waals surface area contributed by atoms with Gasteiger partial charge in [-0.05, 0) is 30.9 Å². The van der Waals surface area contributed by atoms with E-state index in [4.69, 9.17) is 0 Å². The zero-order valence-corrected chi connectivity index (χ0v) is 11.9. The number of hydrogen-bond donors (Lipinski definition) is 2. The van der Waals surface area contributed by atoms with Gasteiger partial charge in [0.05, 0.1) is 0 Å². The van der Waals surface area contributed by atoms with Gasteiger partial charge in [0.15, 0.2) is 0 Å². The van der Waals surface area contributed by atoms with Gasteiger partial charge < -0.3 is 10.6 Å². The van der Waals surface area contributed by atoms with Gasteiger partial charge in [0, 0.05) is 24.8 Å². The van der Waals surface area contributed by atoms with Gasteiger partial charge >= 0.3 is 0 Å². The van der Waals surface area contributed by atoms with E-state index in [1.807, 2.05) is 12.1 Å². The Balaban J connectivity index is 1.73. The summed E-state index contributed by atoms with van der Waals surface area (Å²) < 4.78 is 0. The third-order valence-corrected chi connectivity index (χ3v) is 3.82. The minimum atomic E-state index is 0.0510. The molecule has 110 valence electrons. The molecule has 0 aromatic carbocycles. The molecule has 1 aliphatic rings. The SMILES string of the molecule is c1cnc(NC(Nc2ncccn2)C2CCCCC2)nc1. The maximum absolute atomic E-state index is 4.25. The van der Waals surface area contributed by atoms with E-state index in [2.05, 4.69) is 30.6 Å². The highest BCUT2D eigenvalue weighted by Gasteiger charge is 2.24. The predicted octanol–water partition coefficient (Wildman–Crippen LogP) is 2.70. The lowest BCUT2D eigenvalue weighted by atomic mass is 9.87. The number of rotatable bonds is 5. The minimum absolute atomic E-state index is 0.0510. The first kappa shape index (κ1) is 13.7. The largest absolute Gasteiger partial charge is 0.334 e. The van der Waals surface area contributed by atoms with Crippen molar-refractivity contribution < 1.29 is 0 Å². The smallest absolute Gasteiger partial charge is 0.224 e. The van der Waals surface area contributed by atoms with Crippen LogP contribution < -0.4 is 10.6 Å². The van der Waals surface area contributed by atoms with Gasteiger partial charge in [-0.15, -0.1) is 0 Å². The quantitative estimate of drug-likeness (QED) is 0.822. The van der Waals surface area contributed by atoms with Crippen LogP contribution in [0.15, 0.2) is 36.9 Å². The van der Waals surface area contributed by atoms with E-state index in [9.17, 15) is 0 Å². The van der Waals surface area contributed by atoms with E-state index in [0.29, 0.717) is 17.8 Å². The first-order valence-electron chi connectivity index (χ1n) is 7.49. The van der Waals surface area contributed by atoms with E-state index in [1.54, 1.807) is 24.8 Å². The van der Waals surface area contributed by atoms with E-state index in [1.165, 1.54) is 32.1 Å². The molecule has 0 radical (unpaired) electrons. The normalized spacial score (nSPS) is 15.9. The number of aromatic nitrogens is 4. The Hall–Kier alpha value is -2.24. The van der Waals surface area contributed by atoms with Crippen LogP contribution in [0.5, 0.6) is 0 Å². The van der Waals surface area contributed by atoms with E-state index < -0.39 is 0 Å². The van der Waals surface area contributed by atoms with Crippen LogP contribution in [0.25, 0.3) is 0 Å². The Morgan fingerprint density at radius 3 is 1.71 bits per heavy atom. The lowest BCUT2D eigenvalue weighted by Gasteiger charge is -2.31. The molecule has 21 heavy (non-hydrogen) atoms.